The summed E-state index contributed by atoms with van der Waals surface area (Å²) in [5.41, 5.74) is 1.05. The first-order valence-corrected chi connectivity index (χ1v) is 7.54. The Morgan fingerprint density at radius 3 is 2.56 bits per heavy atom. The summed E-state index contributed by atoms with van der Waals surface area (Å²) in [6.07, 6.45) is 3.14. The summed E-state index contributed by atoms with van der Waals surface area (Å²) in [6.45, 7) is 7.64. The Bertz CT molecular complexity index is 347. The second kappa shape index (κ2) is 7.90. The first-order chi connectivity index (χ1) is 8.56. The summed E-state index contributed by atoms with van der Waals surface area (Å²) in [6, 6.07) is 5.56. The Labute approximate surface area is 118 Å². The van der Waals surface area contributed by atoms with Crippen LogP contribution in [0.15, 0.2) is 22.7 Å². The van der Waals surface area contributed by atoms with Gasteiger partial charge in [-0.2, -0.15) is 0 Å². The van der Waals surface area contributed by atoms with Crippen LogP contribution in [-0.4, -0.2) is 12.6 Å². The van der Waals surface area contributed by atoms with Gasteiger partial charge in [0.25, 0.3) is 0 Å². The second-order valence-electron chi connectivity index (χ2n) is 4.93. The molecule has 0 bridgehead atoms. The summed E-state index contributed by atoms with van der Waals surface area (Å²) in [7, 11) is 0. The van der Waals surface area contributed by atoms with Gasteiger partial charge in [0, 0.05) is 10.5 Å². The standard InChI is InChI=1S/C15H23BrFN/c1-4-6-18-15(11(3)5-2)9-12-7-13(16)10-14(17)8-12/h7-8,10-11,15,18H,4-6,9H2,1-3H3. The van der Waals surface area contributed by atoms with E-state index in [9.17, 15) is 4.39 Å². The van der Waals surface area contributed by atoms with Gasteiger partial charge < -0.3 is 5.32 Å². The van der Waals surface area contributed by atoms with E-state index in [0.717, 1.165) is 35.8 Å². The van der Waals surface area contributed by atoms with E-state index in [4.69, 9.17) is 0 Å². The van der Waals surface area contributed by atoms with E-state index < -0.39 is 0 Å². The van der Waals surface area contributed by atoms with Crippen LogP contribution in [0.2, 0.25) is 0 Å². The van der Waals surface area contributed by atoms with E-state index in [1.54, 1.807) is 6.07 Å². The summed E-state index contributed by atoms with van der Waals surface area (Å²) in [5, 5.41) is 3.57. The highest BCUT2D eigenvalue weighted by atomic mass is 79.9. The molecule has 1 N–H and O–H groups in total. The molecule has 0 aliphatic rings. The fraction of sp³-hybridized carbons (Fsp3) is 0.600. The van der Waals surface area contributed by atoms with Gasteiger partial charge in [0.2, 0.25) is 0 Å². The predicted molar refractivity (Wildman–Crippen MR) is 79.3 cm³/mol. The smallest absolute Gasteiger partial charge is 0.124 e. The van der Waals surface area contributed by atoms with Crippen molar-refractivity contribution in [2.75, 3.05) is 6.54 Å². The van der Waals surface area contributed by atoms with Crippen molar-refractivity contribution in [1.29, 1.82) is 0 Å². The lowest BCUT2D eigenvalue weighted by Gasteiger charge is -2.24. The van der Waals surface area contributed by atoms with Gasteiger partial charge in [0.05, 0.1) is 0 Å². The first-order valence-electron chi connectivity index (χ1n) is 6.75. The molecule has 3 heteroatoms. The van der Waals surface area contributed by atoms with Gasteiger partial charge in [-0.15, -0.1) is 0 Å². The summed E-state index contributed by atoms with van der Waals surface area (Å²) in [5.74, 6) is 0.427. The molecule has 2 unspecified atom stereocenters. The average molecular weight is 316 g/mol. The quantitative estimate of drug-likeness (QED) is 0.778. The molecule has 1 nitrogen and oxygen atoms in total. The molecule has 0 radical (unpaired) electrons. The molecule has 1 aromatic rings. The topological polar surface area (TPSA) is 12.0 Å². The van der Waals surface area contributed by atoms with Gasteiger partial charge in [-0.3, -0.25) is 0 Å². The number of rotatable bonds is 7. The zero-order chi connectivity index (χ0) is 13.5. The Morgan fingerprint density at radius 2 is 2.00 bits per heavy atom. The van der Waals surface area contributed by atoms with Crippen molar-refractivity contribution < 1.29 is 4.39 Å². The van der Waals surface area contributed by atoms with E-state index in [-0.39, 0.29) is 5.82 Å². The SMILES string of the molecule is CCCNC(Cc1cc(F)cc(Br)c1)C(C)CC. The van der Waals surface area contributed by atoms with Crippen LogP contribution < -0.4 is 5.32 Å². The molecule has 0 heterocycles. The lowest BCUT2D eigenvalue weighted by molar-refractivity contribution is 0.364. The minimum absolute atomic E-state index is 0.169. The highest BCUT2D eigenvalue weighted by molar-refractivity contribution is 9.10. The third-order valence-electron chi connectivity index (χ3n) is 3.37. The Balaban J connectivity index is 2.74. The maximum atomic E-state index is 13.4. The molecule has 0 amide bonds. The zero-order valence-electron chi connectivity index (χ0n) is 11.5. The molecule has 0 saturated heterocycles. The molecule has 102 valence electrons. The fourth-order valence-corrected chi connectivity index (χ4v) is 2.58. The number of hydrogen-bond acceptors (Lipinski definition) is 1. The van der Waals surface area contributed by atoms with Crippen LogP contribution >= 0.6 is 15.9 Å². The third-order valence-corrected chi connectivity index (χ3v) is 3.82. The summed E-state index contributed by atoms with van der Waals surface area (Å²) >= 11 is 3.35. The molecule has 2 atom stereocenters. The highest BCUT2D eigenvalue weighted by Gasteiger charge is 2.16. The number of halogens is 2. The number of nitrogens with one attached hydrogen (secondary N) is 1. The zero-order valence-corrected chi connectivity index (χ0v) is 13.1. The molecular formula is C15H23BrFN. The first kappa shape index (κ1) is 15.6. The van der Waals surface area contributed by atoms with Crippen molar-refractivity contribution in [2.45, 2.75) is 46.1 Å². The Hall–Kier alpha value is -0.410. The maximum Gasteiger partial charge on any atom is 0.124 e. The van der Waals surface area contributed by atoms with Gasteiger partial charge in [-0.05, 0) is 49.1 Å². The molecule has 0 spiro atoms. The molecule has 0 aliphatic carbocycles. The summed E-state index contributed by atoms with van der Waals surface area (Å²) < 4.78 is 14.2. The molecule has 0 aliphatic heterocycles. The fourth-order valence-electron chi connectivity index (χ4n) is 2.07. The number of hydrogen-bond donors (Lipinski definition) is 1. The van der Waals surface area contributed by atoms with Crippen LogP contribution in [0.5, 0.6) is 0 Å². The van der Waals surface area contributed by atoms with E-state index in [0.29, 0.717) is 12.0 Å². The normalized spacial score (nSPS) is 14.5. The van der Waals surface area contributed by atoms with Gasteiger partial charge in [-0.25, -0.2) is 4.39 Å². The average Bonchev–Trinajstić information content (AvgIpc) is 2.32. The van der Waals surface area contributed by atoms with Crippen LogP contribution in [0, 0.1) is 11.7 Å². The van der Waals surface area contributed by atoms with Crippen LogP contribution in [-0.2, 0) is 6.42 Å². The third kappa shape index (κ3) is 5.07. The van der Waals surface area contributed by atoms with Crippen LogP contribution in [0.4, 0.5) is 4.39 Å². The maximum absolute atomic E-state index is 13.4. The van der Waals surface area contributed by atoms with Gasteiger partial charge >= 0.3 is 0 Å². The van der Waals surface area contributed by atoms with E-state index >= 15 is 0 Å². The monoisotopic (exact) mass is 315 g/mol. The van der Waals surface area contributed by atoms with Crippen molar-refractivity contribution >= 4 is 15.9 Å². The van der Waals surface area contributed by atoms with Crippen molar-refractivity contribution in [3.63, 3.8) is 0 Å². The van der Waals surface area contributed by atoms with Gasteiger partial charge in [0.15, 0.2) is 0 Å². The highest BCUT2D eigenvalue weighted by Crippen LogP contribution is 2.19. The van der Waals surface area contributed by atoms with Crippen LogP contribution in [0.1, 0.15) is 39.2 Å². The van der Waals surface area contributed by atoms with Crippen LogP contribution in [0.3, 0.4) is 0 Å². The lowest BCUT2D eigenvalue weighted by Crippen LogP contribution is -2.37. The largest absolute Gasteiger partial charge is 0.313 e. The second-order valence-corrected chi connectivity index (χ2v) is 5.84. The van der Waals surface area contributed by atoms with E-state index in [2.05, 4.69) is 42.0 Å². The molecule has 18 heavy (non-hydrogen) atoms. The van der Waals surface area contributed by atoms with Crippen LogP contribution in [0.25, 0.3) is 0 Å². The van der Waals surface area contributed by atoms with E-state index in [1.165, 1.54) is 6.07 Å². The lowest BCUT2D eigenvalue weighted by atomic mass is 9.93. The summed E-state index contributed by atoms with van der Waals surface area (Å²) in [4.78, 5) is 0. The van der Waals surface area contributed by atoms with Crippen molar-refractivity contribution in [1.82, 2.24) is 5.32 Å². The minimum Gasteiger partial charge on any atom is -0.313 e. The molecule has 0 aromatic heterocycles. The van der Waals surface area contributed by atoms with Crippen molar-refractivity contribution in [3.05, 3.63) is 34.1 Å². The Morgan fingerprint density at radius 1 is 1.28 bits per heavy atom. The van der Waals surface area contributed by atoms with E-state index in [1.807, 2.05) is 6.07 Å². The predicted octanol–water partition coefficient (Wildman–Crippen LogP) is 4.55. The van der Waals surface area contributed by atoms with Crippen molar-refractivity contribution in [2.24, 2.45) is 5.92 Å². The Kier molecular flexibility index (Phi) is 6.87. The van der Waals surface area contributed by atoms with Gasteiger partial charge in [-0.1, -0.05) is 43.1 Å². The molecule has 1 rings (SSSR count). The molecule has 1 aromatic carbocycles. The minimum atomic E-state index is -0.169. The number of benzene rings is 1. The molecule has 0 fully saturated rings. The van der Waals surface area contributed by atoms with Crippen molar-refractivity contribution in [3.8, 4) is 0 Å². The van der Waals surface area contributed by atoms with Gasteiger partial charge in [0.1, 0.15) is 5.82 Å². The molecular weight excluding hydrogens is 293 g/mol. The molecule has 0 saturated carbocycles.